The van der Waals surface area contributed by atoms with Crippen molar-refractivity contribution in [2.24, 2.45) is 4.99 Å². The van der Waals surface area contributed by atoms with Gasteiger partial charge in [0.2, 0.25) is 0 Å². The van der Waals surface area contributed by atoms with Gasteiger partial charge in [-0.3, -0.25) is 0 Å². The van der Waals surface area contributed by atoms with Gasteiger partial charge in [0.1, 0.15) is 0 Å². The Balaban J connectivity index is 2.73. The number of aliphatic imine (C=N–C) groups is 1. The minimum absolute atomic E-state index is 0.476. The van der Waals surface area contributed by atoms with E-state index in [2.05, 4.69) is 79.5 Å². The molecule has 0 N–H and O–H groups in total. The van der Waals surface area contributed by atoms with E-state index in [9.17, 15) is 0 Å². The number of rotatable bonds is 13. The fourth-order valence-electron chi connectivity index (χ4n) is 4.80. The van der Waals surface area contributed by atoms with Crippen LogP contribution in [0.1, 0.15) is 74.4 Å². The maximum absolute atomic E-state index is 6.28. The van der Waals surface area contributed by atoms with Crippen LogP contribution in [0.25, 0.3) is 0 Å². The molecule has 30 heavy (non-hydrogen) atoms. The molecule has 0 saturated heterocycles. The zero-order valence-electron chi connectivity index (χ0n) is 18.8. The first-order valence-electron chi connectivity index (χ1n) is 11.5. The van der Waals surface area contributed by atoms with E-state index < -0.39 is 18.4 Å². The van der Waals surface area contributed by atoms with Crippen LogP contribution < -0.4 is 0 Å². The summed E-state index contributed by atoms with van der Waals surface area (Å²) >= 11 is 8.59. The van der Waals surface area contributed by atoms with Crippen molar-refractivity contribution >= 4 is 53.0 Å². The van der Waals surface area contributed by atoms with E-state index in [0.717, 1.165) is 10.7 Å². The third kappa shape index (κ3) is 6.92. The number of para-hydroxylation sites is 1. The van der Waals surface area contributed by atoms with Gasteiger partial charge in [-0.25, -0.2) is 0 Å². The SMILES string of the molecule is CCC[CH2][Sn]([CH2]CCC)([CH2]CCC)[CH](c1ccc(Cl)cc1)c1ccccc1N=C=S. The molecular formula is C26H36ClNSSn. The fourth-order valence-corrected chi connectivity index (χ4v) is 23.8. The van der Waals surface area contributed by atoms with Crippen molar-refractivity contribution in [2.75, 3.05) is 0 Å². The van der Waals surface area contributed by atoms with Crippen LogP contribution in [0.3, 0.4) is 0 Å². The summed E-state index contributed by atoms with van der Waals surface area (Å²) in [4.78, 5) is 4.50. The second-order valence-corrected chi connectivity index (χ2v) is 22.7. The molecule has 2 aromatic carbocycles. The van der Waals surface area contributed by atoms with Gasteiger partial charge in [0, 0.05) is 0 Å². The van der Waals surface area contributed by atoms with Crippen LogP contribution in [0.2, 0.25) is 18.3 Å². The quantitative estimate of drug-likeness (QED) is 0.138. The van der Waals surface area contributed by atoms with Gasteiger partial charge in [-0.2, -0.15) is 0 Å². The van der Waals surface area contributed by atoms with Crippen LogP contribution >= 0.6 is 23.8 Å². The van der Waals surface area contributed by atoms with E-state index in [1.165, 1.54) is 63.0 Å². The van der Waals surface area contributed by atoms with Crippen molar-refractivity contribution in [1.29, 1.82) is 0 Å². The molecule has 162 valence electrons. The molecule has 0 spiro atoms. The van der Waals surface area contributed by atoms with Crippen molar-refractivity contribution in [1.82, 2.24) is 0 Å². The Morgan fingerprint density at radius 1 is 0.867 bits per heavy atom. The Bertz CT molecular complexity index is 792. The first-order chi connectivity index (χ1) is 14.6. The molecule has 0 saturated carbocycles. The number of hydrogen-bond acceptors (Lipinski definition) is 2. The summed E-state index contributed by atoms with van der Waals surface area (Å²) in [5.41, 5.74) is 3.78. The molecule has 1 nitrogen and oxygen atoms in total. The molecule has 0 fully saturated rings. The Kier molecular flexibility index (Phi) is 11.7. The third-order valence-electron chi connectivity index (χ3n) is 6.31. The first-order valence-corrected chi connectivity index (χ1v) is 20.0. The van der Waals surface area contributed by atoms with Crippen LogP contribution in [0, 0.1) is 0 Å². The average molecular weight is 549 g/mol. The molecule has 0 heterocycles. The van der Waals surface area contributed by atoms with E-state index in [0.29, 0.717) is 3.93 Å². The van der Waals surface area contributed by atoms with E-state index >= 15 is 0 Å². The molecular weight excluding hydrogens is 513 g/mol. The fraction of sp³-hybridized carbons (Fsp3) is 0.500. The Labute approximate surface area is 198 Å². The van der Waals surface area contributed by atoms with Crippen LogP contribution in [0.5, 0.6) is 0 Å². The van der Waals surface area contributed by atoms with Gasteiger partial charge >= 0.3 is 199 Å². The molecule has 0 bridgehead atoms. The number of isothiocyanates is 1. The monoisotopic (exact) mass is 549 g/mol. The third-order valence-corrected chi connectivity index (χ3v) is 23.5. The number of halogens is 1. The number of unbranched alkanes of at least 4 members (excludes halogenated alkanes) is 3. The molecule has 1 unspecified atom stereocenters. The normalized spacial score (nSPS) is 12.4. The van der Waals surface area contributed by atoms with Gasteiger partial charge in [0.25, 0.3) is 0 Å². The molecule has 0 amide bonds. The van der Waals surface area contributed by atoms with Crippen LogP contribution in [-0.2, 0) is 0 Å². The second kappa shape index (κ2) is 13.7. The summed E-state index contributed by atoms with van der Waals surface area (Å²) in [6, 6.07) is 17.3. The molecule has 4 heteroatoms. The van der Waals surface area contributed by atoms with Crippen molar-refractivity contribution < 1.29 is 0 Å². The predicted molar refractivity (Wildman–Crippen MR) is 139 cm³/mol. The zero-order chi connectivity index (χ0) is 21.8. The van der Waals surface area contributed by atoms with Gasteiger partial charge in [-0.15, -0.1) is 0 Å². The topological polar surface area (TPSA) is 12.4 Å². The molecule has 0 aliphatic heterocycles. The van der Waals surface area contributed by atoms with Crippen LogP contribution in [-0.4, -0.2) is 23.5 Å². The van der Waals surface area contributed by atoms with E-state index in [1.807, 2.05) is 0 Å². The summed E-state index contributed by atoms with van der Waals surface area (Å²) in [6.07, 6.45) is 7.82. The van der Waals surface area contributed by atoms with Gasteiger partial charge in [0.05, 0.1) is 0 Å². The number of thiocarbonyl (C=S) groups is 1. The molecule has 2 aromatic rings. The standard InChI is InChI=1S/C14H9ClNS.3C4H9.Sn/c15-13-7-5-11(6-8-13)9-12-3-1-2-4-14(12)16-10-17;3*1-3-4-2;/h1-9H;3*1,3-4H2,2H3;. The van der Waals surface area contributed by atoms with Gasteiger partial charge < -0.3 is 0 Å². The molecule has 2 rings (SSSR count). The summed E-state index contributed by atoms with van der Waals surface area (Å²) < 4.78 is 4.79. The van der Waals surface area contributed by atoms with Crippen molar-refractivity contribution in [3.8, 4) is 0 Å². The van der Waals surface area contributed by atoms with Crippen LogP contribution in [0.4, 0.5) is 5.69 Å². The van der Waals surface area contributed by atoms with Crippen molar-refractivity contribution in [2.45, 2.75) is 76.5 Å². The summed E-state index contributed by atoms with van der Waals surface area (Å²) in [5.74, 6) is 0. The Morgan fingerprint density at radius 2 is 1.40 bits per heavy atom. The minimum atomic E-state index is -2.69. The van der Waals surface area contributed by atoms with Gasteiger partial charge in [-0.05, 0) is 0 Å². The van der Waals surface area contributed by atoms with Crippen LogP contribution in [0.15, 0.2) is 53.5 Å². The maximum atomic E-state index is 6.28. The molecule has 0 aliphatic rings. The molecule has 0 aromatic heterocycles. The number of benzene rings is 2. The summed E-state index contributed by atoms with van der Waals surface area (Å²) in [7, 11) is 0. The summed E-state index contributed by atoms with van der Waals surface area (Å²) in [6.45, 7) is 6.99. The number of nitrogens with zero attached hydrogens (tertiary/aromatic N) is 1. The van der Waals surface area contributed by atoms with Gasteiger partial charge in [-0.1, -0.05) is 0 Å². The van der Waals surface area contributed by atoms with Crippen molar-refractivity contribution in [3.63, 3.8) is 0 Å². The molecule has 1 atom stereocenters. The van der Waals surface area contributed by atoms with E-state index in [-0.39, 0.29) is 0 Å². The van der Waals surface area contributed by atoms with Crippen molar-refractivity contribution in [3.05, 3.63) is 64.7 Å². The first kappa shape index (κ1) is 25.6. The molecule has 0 radical (unpaired) electrons. The predicted octanol–water partition coefficient (Wildman–Crippen LogP) is 9.59. The average Bonchev–Trinajstić information content (AvgIpc) is 2.77. The van der Waals surface area contributed by atoms with E-state index in [4.69, 9.17) is 23.8 Å². The zero-order valence-corrected chi connectivity index (χ0v) is 23.2. The molecule has 0 aliphatic carbocycles. The van der Waals surface area contributed by atoms with Gasteiger partial charge in [0.15, 0.2) is 0 Å². The Hall–Kier alpha value is -0.671. The number of hydrogen-bond donors (Lipinski definition) is 0. The Morgan fingerprint density at radius 3 is 1.90 bits per heavy atom. The van der Waals surface area contributed by atoms with E-state index in [1.54, 1.807) is 0 Å². The summed E-state index contributed by atoms with van der Waals surface area (Å²) in [5, 5.41) is 3.44. The second-order valence-electron chi connectivity index (χ2n) is 8.42.